The summed E-state index contributed by atoms with van der Waals surface area (Å²) in [6, 6.07) is 8.41. The van der Waals surface area contributed by atoms with Crippen LogP contribution < -0.4 is 0 Å². The number of nitrogens with zero attached hydrogens (tertiary/aromatic N) is 3. The molecule has 23 heavy (non-hydrogen) atoms. The van der Waals surface area contributed by atoms with Crippen LogP contribution >= 0.6 is 0 Å². The summed E-state index contributed by atoms with van der Waals surface area (Å²) in [5, 5.41) is 0.800. The van der Waals surface area contributed by atoms with Crippen molar-refractivity contribution < 1.29 is 9.18 Å². The minimum absolute atomic E-state index is 0.201. The van der Waals surface area contributed by atoms with Gasteiger partial charge in [0.05, 0.1) is 17.8 Å². The van der Waals surface area contributed by atoms with Gasteiger partial charge in [0.2, 0.25) is 5.91 Å². The molecular formula is C18H22FN3O. The summed E-state index contributed by atoms with van der Waals surface area (Å²) in [4.78, 5) is 20.8. The van der Waals surface area contributed by atoms with Crippen LogP contribution in [-0.4, -0.2) is 46.9 Å². The maximum atomic E-state index is 13.2. The Balaban J connectivity index is 1.64. The first-order chi connectivity index (χ1) is 11.2. The molecule has 0 unspecified atom stereocenters. The van der Waals surface area contributed by atoms with Crippen LogP contribution in [0.1, 0.15) is 25.5 Å². The normalized spacial score (nSPS) is 16.3. The van der Waals surface area contributed by atoms with Crippen LogP contribution in [0.4, 0.5) is 4.39 Å². The second kappa shape index (κ2) is 7.04. The quantitative estimate of drug-likeness (QED) is 0.851. The van der Waals surface area contributed by atoms with Gasteiger partial charge >= 0.3 is 0 Å². The molecule has 5 heteroatoms. The number of fused-ring (bicyclic) bond motifs is 1. The number of benzene rings is 1. The monoisotopic (exact) mass is 315 g/mol. The van der Waals surface area contributed by atoms with E-state index in [1.54, 1.807) is 6.07 Å². The van der Waals surface area contributed by atoms with Crippen molar-refractivity contribution in [1.29, 1.82) is 0 Å². The molecule has 1 fully saturated rings. The number of carbonyl (C=O) groups is 1. The number of piperazine rings is 1. The lowest BCUT2D eigenvalue weighted by Gasteiger charge is -2.34. The smallest absolute Gasteiger partial charge is 0.236 e. The van der Waals surface area contributed by atoms with E-state index in [4.69, 9.17) is 0 Å². The van der Waals surface area contributed by atoms with Gasteiger partial charge in [0.25, 0.3) is 0 Å². The highest BCUT2D eigenvalue weighted by Gasteiger charge is 2.23. The minimum atomic E-state index is -0.249. The Kier molecular flexibility index (Phi) is 4.86. The van der Waals surface area contributed by atoms with Crippen LogP contribution in [0.15, 0.2) is 30.3 Å². The Morgan fingerprint density at radius 2 is 2.09 bits per heavy atom. The van der Waals surface area contributed by atoms with Crippen LogP contribution in [0.25, 0.3) is 10.9 Å². The summed E-state index contributed by atoms with van der Waals surface area (Å²) in [6.07, 6.45) is 2.17. The number of hydrogen-bond acceptors (Lipinski definition) is 3. The standard InChI is InChI=1S/C18H22FN3O/c1-2-3-8-22-10-9-21(13-18(22)23)12-16-6-4-14-11-15(19)5-7-17(14)20-16/h4-7,11H,2-3,8-10,12-13H2,1H3. The zero-order chi connectivity index (χ0) is 16.2. The van der Waals surface area contributed by atoms with Crippen LogP contribution in [0.2, 0.25) is 0 Å². The van der Waals surface area contributed by atoms with Crippen molar-refractivity contribution in [2.45, 2.75) is 26.3 Å². The molecule has 1 aromatic heterocycles. The molecule has 1 aromatic carbocycles. The number of rotatable bonds is 5. The Hall–Kier alpha value is -2.01. The SMILES string of the molecule is CCCCN1CCN(Cc2ccc3cc(F)ccc3n2)CC1=O. The third kappa shape index (κ3) is 3.85. The molecule has 4 nitrogen and oxygen atoms in total. The van der Waals surface area contributed by atoms with Crippen LogP contribution in [-0.2, 0) is 11.3 Å². The minimum Gasteiger partial charge on any atom is -0.340 e. The highest BCUT2D eigenvalue weighted by Crippen LogP contribution is 2.16. The van der Waals surface area contributed by atoms with Crippen molar-refractivity contribution in [3.8, 4) is 0 Å². The van der Waals surface area contributed by atoms with Gasteiger partial charge in [-0.2, -0.15) is 0 Å². The van der Waals surface area contributed by atoms with E-state index in [9.17, 15) is 9.18 Å². The van der Waals surface area contributed by atoms with Gasteiger partial charge in [0.15, 0.2) is 0 Å². The predicted molar refractivity (Wildman–Crippen MR) is 88.5 cm³/mol. The van der Waals surface area contributed by atoms with Crippen molar-refractivity contribution in [2.24, 2.45) is 0 Å². The van der Waals surface area contributed by atoms with E-state index >= 15 is 0 Å². The van der Waals surface area contributed by atoms with Gasteiger partial charge < -0.3 is 4.90 Å². The summed E-state index contributed by atoms with van der Waals surface area (Å²) in [5.74, 6) is -0.0478. The zero-order valence-corrected chi connectivity index (χ0v) is 13.5. The average Bonchev–Trinajstić information content (AvgIpc) is 2.54. The molecule has 1 aliphatic heterocycles. The van der Waals surface area contributed by atoms with Crippen molar-refractivity contribution >= 4 is 16.8 Å². The molecule has 3 rings (SSSR count). The number of carbonyl (C=O) groups excluding carboxylic acids is 1. The molecule has 2 aromatic rings. The summed E-state index contributed by atoms with van der Waals surface area (Å²) in [6.45, 7) is 5.77. The van der Waals surface area contributed by atoms with Crippen molar-refractivity contribution in [3.05, 3.63) is 41.8 Å². The second-order valence-corrected chi connectivity index (χ2v) is 6.08. The fourth-order valence-corrected chi connectivity index (χ4v) is 2.93. The van der Waals surface area contributed by atoms with Crippen LogP contribution in [0, 0.1) is 5.82 Å². The Labute approximate surface area is 135 Å². The number of aromatic nitrogens is 1. The molecular weight excluding hydrogens is 293 g/mol. The Morgan fingerprint density at radius 1 is 1.22 bits per heavy atom. The molecule has 1 amide bonds. The molecule has 2 heterocycles. The number of halogens is 1. The molecule has 122 valence electrons. The van der Waals surface area contributed by atoms with E-state index in [0.717, 1.165) is 49.1 Å². The first kappa shape index (κ1) is 15.9. The number of unbranched alkanes of at least 4 members (excludes halogenated alkanes) is 1. The Bertz CT molecular complexity index is 704. The fourth-order valence-electron chi connectivity index (χ4n) is 2.93. The van der Waals surface area contributed by atoms with Crippen molar-refractivity contribution in [1.82, 2.24) is 14.8 Å². The Morgan fingerprint density at radius 3 is 2.87 bits per heavy atom. The molecule has 1 saturated heterocycles. The summed E-state index contributed by atoms with van der Waals surface area (Å²) >= 11 is 0. The summed E-state index contributed by atoms with van der Waals surface area (Å²) in [5.41, 5.74) is 1.70. The maximum absolute atomic E-state index is 13.2. The molecule has 0 N–H and O–H groups in total. The molecule has 0 radical (unpaired) electrons. The van der Waals surface area contributed by atoms with Crippen LogP contribution in [0.5, 0.6) is 0 Å². The number of amides is 1. The van der Waals surface area contributed by atoms with Crippen LogP contribution in [0.3, 0.4) is 0 Å². The second-order valence-electron chi connectivity index (χ2n) is 6.08. The third-order valence-electron chi connectivity index (χ3n) is 4.27. The molecule has 1 aliphatic rings. The predicted octanol–water partition coefficient (Wildman–Crippen LogP) is 2.82. The van der Waals surface area contributed by atoms with Gasteiger partial charge in [-0.3, -0.25) is 14.7 Å². The highest BCUT2D eigenvalue weighted by molar-refractivity contribution is 5.79. The van der Waals surface area contributed by atoms with E-state index in [1.165, 1.54) is 12.1 Å². The molecule has 0 bridgehead atoms. The number of hydrogen-bond donors (Lipinski definition) is 0. The zero-order valence-electron chi connectivity index (χ0n) is 13.5. The van der Waals surface area contributed by atoms with Crippen molar-refractivity contribution in [3.63, 3.8) is 0 Å². The summed E-state index contributed by atoms with van der Waals surface area (Å²) < 4.78 is 13.2. The van der Waals surface area contributed by atoms with E-state index < -0.39 is 0 Å². The molecule has 0 saturated carbocycles. The first-order valence-corrected chi connectivity index (χ1v) is 8.21. The van der Waals surface area contributed by atoms with E-state index in [0.29, 0.717) is 13.1 Å². The summed E-state index contributed by atoms with van der Waals surface area (Å²) in [7, 11) is 0. The van der Waals surface area contributed by atoms with E-state index in [2.05, 4.69) is 16.8 Å². The lowest BCUT2D eigenvalue weighted by Crippen LogP contribution is -2.50. The van der Waals surface area contributed by atoms with Gasteiger partial charge in [-0.25, -0.2) is 4.39 Å². The molecule has 0 aliphatic carbocycles. The van der Waals surface area contributed by atoms with Gasteiger partial charge in [-0.1, -0.05) is 19.4 Å². The average molecular weight is 315 g/mol. The lowest BCUT2D eigenvalue weighted by molar-refractivity contribution is -0.136. The van der Waals surface area contributed by atoms with Gasteiger partial charge in [-0.15, -0.1) is 0 Å². The lowest BCUT2D eigenvalue weighted by atomic mass is 10.2. The van der Waals surface area contributed by atoms with E-state index in [-0.39, 0.29) is 11.7 Å². The van der Waals surface area contributed by atoms with Crippen molar-refractivity contribution in [2.75, 3.05) is 26.2 Å². The first-order valence-electron chi connectivity index (χ1n) is 8.21. The molecule has 0 spiro atoms. The van der Waals surface area contributed by atoms with E-state index in [1.807, 2.05) is 17.0 Å². The highest BCUT2D eigenvalue weighted by atomic mass is 19.1. The largest absolute Gasteiger partial charge is 0.340 e. The van der Waals surface area contributed by atoms with Gasteiger partial charge in [-0.05, 0) is 30.7 Å². The maximum Gasteiger partial charge on any atom is 0.236 e. The number of pyridine rings is 1. The fraction of sp³-hybridized carbons (Fsp3) is 0.444. The van der Waals surface area contributed by atoms with Gasteiger partial charge in [0.1, 0.15) is 5.82 Å². The molecule has 0 atom stereocenters. The third-order valence-corrected chi connectivity index (χ3v) is 4.27. The topological polar surface area (TPSA) is 36.4 Å². The van der Waals surface area contributed by atoms with Gasteiger partial charge in [0, 0.05) is 31.6 Å².